The highest BCUT2D eigenvalue weighted by molar-refractivity contribution is 7.85. The normalized spacial score (nSPS) is 16.1. The number of rotatable bonds is 11. The standard InChI is InChI=1S/C36H41Cl2N9O5S/c1-36(2,3)30(39)18-32(43-22-19-42-46(20-22)16-17-51-53(4,49)50)45-35(48)44-28-13-14-29(25-9-6-5-8-24(25)28)52-23-12-15-31(40)47(21-23)34(41)33-26(37)10-7-11-27(33)38/h5-12,15,19-21,28-29,39-41H,13-14,16-18H2,1-4H3,(H2,43,44,45,48). The molecule has 0 saturated carbocycles. The first kappa shape index (κ1) is 39.4. The molecular formula is C36H41Cl2N9O5S. The number of hydrogen-bond acceptors (Lipinski definition) is 10. The molecule has 1 aliphatic carbocycles. The van der Waals surface area contributed by atoms with E-state index >= 15 is 0 Å². The number of aromatic nitrogens is 3. The number of benzene rings is 2. The van der Waals surface area contributed by atoms with Crippen LogP contribution < -0.4 is 20.9 Å². The molecule has 4 aromatic rings. The highest BCUT2D eigenvalue weighted by atomic mass is 35.5. The van der Waals surface area contributed by atoms with Gasteiger partial charge in [0, 0.05) is 12.1 Å². The lowest BCUT2D eigenvalue weighted by Gasteiger charge is -2.32. The van der Waals surface area contributed by atoms with Crippen LogP contribution in [0, 0.1) is 21.6 Å². The molecule has 17 heteroatoms. The van der Waals surface area contributed by atoms with Gasteiger partial charge in [0.25, 0.3) is 10.1 Å². The quantitative estimate of drug-likeness (QED) is 0.0632. The van der Waals surface area contributed by atoms with Gasteiger partial charge in [-0.05, 0) is 53.6 Å². The minimum Gasteiger partial charge on any atom is -0.484 e. The molecule has 2 aromatic heterocycles. The van der Waals surface area contributed by atoms with Crippen molar-refractivity contribution in [3.63, 3.8) is 0 Å². The predicted molar refractivity (Wildman–Crippen MR) is 204 cm³/mol. The molecule has 280 valence electrons. The fraction of sp³-hybridized carbons (Fsp3) is 0.333. The molecule has 2 unspecified atom stereocenters. The summed E-state index contributed by atoms with van der Waals surface area (Å²) in [5.41, 5.74) is 2.41. The zero-order valence-corrected chi connectivity index (χ0v) is 31.9. The van der Waals surface area contributed by atoms with E-state index < -0.39 is 21.6 Å². The number of urea groups is 1. The molecule has 0 spiro atoms. The monoisotopic (exact) mass is 781 g/mol. The van der Waals surface area contributed by atoms with Gasteiger partial charge in [-0.1, -0.05) is 74.3 Å². The van der Waals surface area contributed by atoms with Crippen molar-refractivity contribution in [3.05, 3.63) is 105 Å². The minimum atomic E-state index is -3.59. The van der Waals surface area contributed by atoms with E-state index in [2.05, 4.69) is 20.7 Å². The van der Waals surface area contributed by atoms with Gasteiger partial charge in [-0.3, -0.25) is 29.6 Å². The number of nitrogens with zero attached hydrogens (tertiary/aromatic N) is 4. The second-order valence-corrected chi connectivity index (χ2v) is 15.9. The predicted octanol–water partition coefficient (Wildman–Crippen LogP) is 6.76. The summed E-state index contributed by atoms with van der Waals surface area (Å²) in [5.74, 6) is 0.615. The molecule has 2 atom stereocenters. The maximum atomic E-state index is 13.5. The summed E-state index contributed by atoms with van der Waals surface area (Å²) < 4.78 is 36.7. The van der Waals surface area contributed by atoms with Crippen molar-refractivity contribution in [1.29, 1.82) is 16.2 Å². The van der Waals surface area contributed by atoms with Crippen LogP contribution in [0.5, 0.6) is 5.75 Å². The highest BCUT2D eigenvalue weighted by Crippen LogP contribution is 2.38. The third-order valence-corrected chi connectivity index (χ3v) is 9.61. The molecule has 5 rings (SSSR count). The van der Waals surface area contributed by atoms with Gasteiger partial charge < -0.3 is 15.5 Å². The molecule has 2 amide bonds. The zero-order chi connectivity index (χ0) is 38.5. The number of fused-ring (bicyclic) bond motifs is 1. The Bertz CT molecular complexity index is 2210. The summed E-state index contributed by atoms with van der Waals surface area (Å²) in [6.45, 7) is 5.80. The molecule has 0 bridgehead atoms. The maximum absolute atomic E-state index is 13.5. The van der Waals surface area contributed by atoms with Crippen LogP contribution >= 0.6 is 23.2 Å². The van der Waals surface area contributed by atoms with Crippen LogP contribution in [0.3, 0.4) is 0 Å². The van der Waals surface area contributed by atoms with E-state index in [1.807, 2.05) is 45.0 Å². The number of ether oxygens (including phenoxy) is 1. The molecule has 0 aliphatic heterocycles. The van der Waals surface area contributed by atoms with Gasteiger partial charge in [-0.15, -0.1) is 0 Å². The summed E-state index contributed by atoms with van der Waals surface area (Å²) in [6.07, 6.45) is 6.41. The molecule has 5 N–H and O–H groups in total. The van der Waals surface area contributed by atoms with Crippen LogP contribution in [0.1, 0.15) is 68.9 Å². The van der Waals surface area contributed by atoms with Crippen LogP contribution in [0.4, 0.5) is 10.5 Å². The fourth-order valence-corrected chi connectivity index (χ4v) is 6.56. The van der Waals surface area contributed by atoms with E-state index in [0.717, 1.165) is 17.4 Å². The Morgan fingerprint density at radius 2 is 1.72 bits per heavy atom. The number of halogens is 2. The summed E-state index contributed by atoms with van der Waals surface area (Å²) in [5, 5.41) is 36.5. The molecule has 2 aromatic carbocycles. The number of carbonyl (C=O) groups excluding carboxylic acids is 1. The van der Waals surface area contributed by atoms with Crippen LogP contribution in [-0.4, -0.2) is 59.0 Å². The number of nitrogens with one attached hydrogen (secondary N) is 5. The van der Waals surface area contributed by atoms with E-state index in [1.54, 1.807) is 36.7 Å². The Kier molecular flexibility index (Phi) is 12.2. The molecule has 2 heterocycles. The zero-order valence-electron chi connectivity index (χ0n) is 29.6. The molecule has 53 heavy (non-hydrogen) atoms. The first-order valence-corrected chi connectivity index (χ1v) is 19.2. The van der Waals surface area contributed by atoms with Crippen LogP contribution in [0.2, 0.25) is 10.0 Å². The SMILES string of the molecule is CC(C)(C)C(=N)CC(=Nc1cnn(CCOS(C)(=O)=O)c1)NC(=O)NC1CCC(Oc2ccc(=N)n(C(=N)c3c(Cl)cccc3Cl)c2)c2ccccc21. The summed E-state index contributed by atoms with van der Waals surface area (Å²) >= 11 is 12.7. The second-order valence-electron chi connectivity index (χ2n) is 13.5. The van der Waals surface area contributed by atoms with Gasteiger partial charge in [-0.2, -0.15) is 13.5 Å². The number of aliphatic imine (C=N–C) groups is 1. The third-order valence-electron chi connectivity index (χ3n) is 8.39. The van der Waals surface area contributed by atoms with E-state index in [-0.39, 0.29) is 48.9 Å². The van der Waals surface area contributed by atoms with E-state index in [0.29, 0.717) is 45.6 Å². The van der Waals surface area contributed by atoms with E-state index in [4.69, 9.17) is 48.3 Å². The molecule has 0 saturated heterocycles. The molecule has 0 fully saturated rings. The largest absolute Gasteiger partial charge is 0.484 e. The van der Waals surface area contributed by atoms with Crippen LogP contribution in [-0.2, 0) is 20.8 Å². The molecule has 14 nitrogen and oxygen atoms in total. The van der Waals surface area contributed by atoms with Crippen molar-refractivity contribution < 1.29 is 22.1 Å². The Hall–Kier alpha value is -4.83. The van der Waals surface area contributed by atoms with Crippen LogP contribution in [0.15, 0.2) is 78.2 Å². The van der Waals surface area contributed by atoms with Crippen molar-refractivity contribution in [2.75, 3.05) is 12.9 Å². The van der Waals surface area contributed by atoms with Gasteiger partial charge >= 0.3 is 6.03 Å². The summed E-state index contributed by atoms with van der Waals surface area (Å²) in [6, 6.07) is 15.0. The Morgan fingerprint density at radius 3 is 2.40 bits per heavy atom. The van der Waals surface area contributed by atoms with Crippen molar-refractivity contribution in [1.82, 2.24) is 25.0 Å². The molecular weight excluding hydrogens is 741 g/mol. The summed E-state index contributed by atoms with van der Waals surface area (Å²) in [7, 11) is -3.59. The van der Waals surface area contributed by atoms with Gasteiger partial charge in [0.2, 0.25) is 0 Å². The number of amidine groups is 1. The van der Waals surface area contributed by atoms with Crippen molar-refractivity contribution >= 4 is 62.4 Å². The van der Waals surface area contributed by atoms with Crippen molar-refractivity contribution in [3.8, 4) is 5.75 Å². The summed E-state index contributed by atoms with van der Waals surface area (Å²) in [4.78, 5) is 18.1. The number of hydrogen-bond donors (Lipinski definition) is 5. The Balaban J connectivity index is 1.31. The lowest BCUT2D eigenvalue weighted by molar-refractivity contribution is 0.171. The van der Waals surface area contributed by atoms with Gasteiger partial charge in [0.05, 0.1) is 59.6 Å². The maximum Gasteiger partial charge on any atom is 0.320 e. The third kappa shape index (κ3) is 10.4. The second kappa shape index (κ2) is 16.5. The van der Waals surface area contributed by atoms with Gasteiger partial charge in [0.15, 0.2) is 0 Å². The highest BCUT2D eigenvalue weighted by Gasteiger charge is 2.30. The van der Waals surface area contributed by atoms with E-state index in [1.165, 1.54) is 21.5 Å². The Morgan fingerprint density at radius 1 is 1.02 bits per heavy atom. The van der Waals surface area contributed by atoms with Crippen molar-refractivity contribution in [2.45, 2.75) is 58.7 Å². The number of amides is 2. The number of pyridine rings is 1. The fourth-order valence-electron chi connectivity index (χ4n) is 5.61. The topological polar surface area (TPSA) is 200 Å². The lowest BCUT2D eigenvalue weighted by Crippen LogP contribution is -2.43. The lowest BCUT2D eigenvalue weighted by atomic mass is 9.85. The smallest absolute Gasteiger partial charge is 0.320 e. The molecule has 0 radical (unpaired) electrons. The minimum absolute atomic E-state index is 0.0474. The van der Waals surface area contributed by atoms with Crippen molar-refractivity contribution in [2.24, 2.45) is 10.4 Å². The van der Waals surface area contributed by atoms with Gasteiger partial charge in [-0.25, -0.2) is 9.79 Å². The number of carbonyl (C=O) groups is 1. The first-order valence-electron chi connectivity index (χ1n) is 16.6. The molecule has 1 aliphatic rings. The first-order chi connectivity index (χ1) is 25.0. The van der Waals surface area contributed by atoms with E-state index in [9.17, 15) is 13.2 Å². The van der Waals surface area contributed by atoms with Crippen LogP contribution in [0.25, 0.3) is 0 Å². The average Bonchev–Trinajstić information content (AvgIpc) is 3.52. The Labute approximate surface area is 317 Å². The average molecular weight is 783 g/mol. The van der Waals surface area contributed by atoms with Gasteiger partial charge in [0.1, 0.15) is 34.7 Å².